The van der Waals surface area contributed by atoms with Gasteiger partial charge in [-0.25, -0.2) is 4.99 Å². The van der Waals surface area contributed by atoms with Crippen molar-refractivity contribution in [2.45, 2.75) is 26.8 Å². The molecule has 0 aliphatic carbocycles. The van der Waals surface area contributed by atoms with E-state index in [0.29, 0.717) is 12.2 Å². The number of aliphatic imine (C=N–C) groups is 1. The fourth-order valence-electron chi connectivity index (χ4n) is 2.62. The first-order valence-corrected chi connectivity index (χ1v) is 9.55. The first kappa shape index (κ1) is 16.0. The van der Waals surface area contributed by atoms with Crippen LogP contribution in [0.1, 0.15) is 20.8 Å². The number of hydrogen-bond donors (Lipinski definition) is 0. The Kier molecular flexibility index (Phi) is 4.16. The average molecular weight is 327 g/mol. The standard InChI is InChI=1S/C19H22NO2P/c1-19(2,3)17-14-22-18(20-17)23(21,15-10-6-4-7-11-15)16-12-8-5-9-13-16/h4-13,17H,14H2,1-3H3. The normalized spacial score (nSPS) is 18.4. The molecule has 0 saturated carbocycles. The van der Waals surface area contributed by atoms with Gasteiger partial charge in [0.2, 0.25) is 7.14 Å². The van der Waals surface area contributed by atoms with Crippen LogP contribution >= 0.6 is 7.14 Å². The van der Waals surface area contributed by atoms with Gasteiger partial charge in [0.05, 0.1) is 6.04 Å². The van der Waals surface area contributed by atoms with Gasteiger partial charge in [-0.3, -0.25) is 0 Å². The van der Waals surface area contributed by atoms with E-state index in [2.05, 4.69) is 20.8 Å². The van der Waals surface area contributed by atoms with Crippen molar-refractivity contribution in [2.75, 3.05) is 6.61 Å². The highest BCUT2D eigenvalue weighted by Gasteiger charge is 2.41. The molecule has 1 aliphatic rings. The Morgan fingerprint density at radius 3 is 1.83 bits per heavy atom. The van der Waals surface area contributed by atoms with Crippen LogP contribution in [0.4, 0.5) is 0 Å². The second-order valence-corrected chi connectivity index (χ2v) is 9.52. The fourth-order valence-corrected chi connectivity index (χ4v) is 5.11. The largest absolute Gasteiger partial charge is 0.473 e. The van der Waals surface area contributed by atoms with Crippen LogP contribution in [-0.2, 0) is 9.30 Å². The minimum atomic E-state index is -3.05. The average Bonchev–Trinajstić information content (AvgIpc) is 3.06. The summed E-state index contributed by atoms with van der Waals surface area (Å²) in [5.74, 6) is 0. The molecule has 0 spiro atoms. The molecule has 1 aliphatic heterocycles. The van der Waals surface area contributed by atoms with Gasteiger partial charge in [-0.2, -0.15) is 0 Å². The molecule has 1 atom stereocenters. The van der Waals surface area contributed by atoms with Gasteiger partial charge >= 0.3 is 0 Å². The summed E-state index contributed by atoms with van der Waals surface area (Å²) in [5, 5.41) is 1.53. The van der Waals surface area contributed by atoms with Gasteiger partial charge in [-0.1, -0.05) is 81.4 Å². The molecule has 1 heterocycles. The van der Waals surface area contributed by atoms with Crippen molar-refractivity contribution in [2.24, 2.45) is 10.4 Å². The Bertz CT molecular complexity index is 704. The van der Waals surface area contributed by atoms with Crippen LogP contribution in [0.2, 0.25) is 0 Å². The Labute approximate surface area is 137 Å². The van der Waals surface area contributed by atoms with Crippen LogP contribution in [0.3, 0.4) is 0 Å². The molecular formula is C19H22NO2P. The Hall–Kier alpha value is -1.86. The molecule has 3 rings (SSSR count). The van der Waals surface area contributed by atoms with Crippen molar-refractivity contribution < 1.29 is 9.30 Å². The molecule has 0 bridgehead atoms. The monoisotopic (exact) mass is 327 g/mol. The maximum absolute atomic E-state index is 14.0. The summed E-state index contributed by atoms with van der Waals surface area (Å²) in [6.07, 6.45) is 0. The first-order chi connectivity index (χ1) is 10.9. The lowest BCUT2D eigenvalue weighted by atomic mass is 9.88. The Balaban J connectivity index is 2.14. The molecule has 23 heavy (non-hydrogen) atoms. The molecule has 0 aromatic heterocycles. The van der Waals surface area contributed by atoms with E-state index in [9.17, 15) is 4.57 Å². The minimum absolute atomic E-state index is 0.0139. The van der Waals surface area contributed by atoms with Crippen molar-refractivity contribution in [3.63, 3.8) is 0 Å². The summed E-state index contributed by atoms with van der Waals surface area (Å²) in [6, 6.07) is 19.1. The highest BCUT2D eigenvalue weighted by Crippen LogP contribution is 2.48. The van der Waals surface area contributed by atoms with Crippen LogP contribution in [-0.4, -0.2) is 18.3 Å². The predicted octanol–water partition coefficient (Wildman–Crippen LogP) is 3.80. The van der Waals surface area contributed by atoms with Crippen LogP contribution in [0, 0.1) is 5.41 Å². The van der Waals surface area contributed by atoms with Crippen molar-refractivity contribution in [3.05, 3.63) is 60.7 Å². The number of nitrogens with zero attached hydrogens (tertiary/aromatic N) is 1. The zero-order valence-electron chi connectivity index (χ0n) is 13.8. The molecule has 2 aromatic rings. The molecule has 0 amide bonds. The van der Waals surface area contributed by atoms with E-state index in [1.165, 1.54) is 0 Å². The topological polar surface area (TPSA) is 38.7 Å². The van der Waals surface area contributed by atoms with Gasteiger partial charge in [0, 0.05) is 10.6 Å². The summed E-state index contributed by atoms with van der Waals surface area (Å²) in [6.45, 7) is 6.87. The molecule has 0 saturated heterocycles. The molecular weight excluding hydrogens is 305 g/mol. The summed E-state index contributed by atoms with van der Waals surface area (Å²) in [5.41, 5.74) is 0.370. The van der Waals surface area contributed by atoms with Crippen LogP contribution in [0.5, 0.6) is 0 Å². The lowest BCUT2D eigenvalue weighted by Gasteiger charge is -2.21. The molecule has 0 fully saturated rings. The van der Waals surface area contributed by atoms with Crippen LogP contribution in [0.25, 0.3) is 0 Å². The minimum Gasteiger partial charge on any atom is -0.473 e. The second-order valence-electron chi connectivity index (χ2n) is 6.88. The maximum atomic E-state index is 14.0. The molecule has 0 N–H and O–H groups in total. The Morgan fingerprint density at radius 1 is 0.957 bits per heavy atom. The van der Waals surface area contributed by atoms with Gasteiger partial charge in [0.1, 0.15) is 6.61 Å². The summed E-state index contributed by atoms with van der Waals surface area (Å²) in [7, 11) is -3.05. The maximum Gasteiger partial charge on any atom is 0.254 e. The van der Waals surface area contributed by atoms with E-state index < -0.39 is 7.14 Å². The highest BCUT2D eigenvalue weighted by molar-refractivity contribution is 7.92. The quantitative estimate of drug-likeness (QED) is 0.804. The molecule has 4 heteroatoms. The van der Waals surface area contributed by atoms with E-state index in [0.717, 1.165) is 10.6 Å². The highest BCUT2D eigenvalue weighted by atomic mass is 31.2. The molecule has 1 unspecified atom stereocenters. The zero-order chi connectivity index (χ0) is 16.5. The molecule has 0 radical (unpaired) electrons. The van der Waals surface area contributed by atoms with Crippen molar-refractivity contribution in [3.8, 4) is 0 Å². The smallest absolute Gasteiger partial charge is 0.254 e. The van der Waals surface area contributed by atoms with E-state index >= 15 is 0 Å². The first-order valence-electron chi connectivity index (χ1n) is 7.85. The number of benzene rings is 2. The van der Waals surface area contributed by atoms with Crippen molar-refractivity contribution >= 4 is 23.4 Å². The van der Waals surface area contributed by atoms with E-state index in [4.69, 9.17) is 9.73 Å². The SMILES string of the molecule is CC(C)(C)C1COC(P(=O)(c2ccccc2)c2ccccc2)=N1. The van der Waals surface area contributed by atoms with Gasteiger partial charge in [-0.05, 0) is 5.41 Å². The van der Waals surface area contributed by atoms with Crippen molar-refractivity contribution in [1.29, 1.82) is 0 Å². The zero-order valence-corrected chi connectivity index (χ0v) is 14.7. The van der Waals surface area contributed by atoms with Gasteiger partial charge in [0.25, 0.3) is 5.64 Å². The van der Waals surface area contributed by atoms with E-state index in [-0.39, 0.29) is 11.5 Å². The molecule has 120 valence electrons. The summed E-state index contributed by atoms with van der Waals surface area (Å²) < 4.78 is 19.9. The number of hydrogen-bond acceptors (Lipinski definition) is 3. The number of ether oxygens (including phenoxy) is 1. The third kappa shape index (κ3) is 2.98. The Morgan fingerprint density at radius 2 is 1.43 bits per heavy atom. The van der Waals surface area contributed by atoms with Crippen LogP contribution in [0.15, 0.2) is 65.7 Å². The molecule has 2 aromatic carbocycles. The van der Waals surface area contributed by atoms with Gasteiger partial charge < -0.3 is 9.30 Å². The lowest BCUT2D eigenvalue weighted by molar-refractivity contribution is 0.237. The second kappa shape index (κ2) is 5.98. The summed E-state index contributed by atoms with van der Waals surface area (Å²) in [4.78, 5) is 4.72. The number of rotatable bonds is 3. The van der Waals surface area contributed by atoms with Crippen molar-refractivity contribution in [1.82, 2.24) is 0 Å². The van der Waals surface area contributed by atoms with Gasteiger partial charge in [0.15, 0.2) is 0 Å². The molecule has 3 nitrogen and oxygen atoms in total. The lowest BCUT2D eigenvalue weighted by Crippen LogP contribution is -2.25. The van der Waals surface area contributed by atoms with Gasteiger partial charge in [-0.15, -0.1) is 0 Å². The third-order valence-electron chi connectivity index (χ3n) is 4.15. The van der Waals surface area contributed by atoms with Crippen LogP contribution < -0.4 is 10.6 Å². The van der Waals surface area contributed by atoms with E-state index in [1.54, 1.807) is 0 Å². The third-order valence-corrected chi connectivity index (χ3v) is 6.98. The predicted molar refractivity (Wildman–Crippen MR) is 96.4 cm³/mol. The van der Waals surface area contributed by atoms with E-state index in [1.807, 2.05) is 60.7 Å². The summed E-state index contributed by atoms with van der Waals surface area (Å²) >= 11 is 0. The fraction of sp³-hybridized carbons (Fsp3) is 0.316.